The predicted molar refractivity (Wildman–Crippen MR) is 73.4 cm³/mol. The largest absolute Gasteiger partial charge is 0.493 e. The van der Waals surface area contributed by atoms with Gasteiger partial charge in [0.15, 0.2) is 11.5 Å². The van der Waals surface area contributed by atoms with Crippen molar-refractivity contribution in [3.63, 3.8) is 0 Å². The van der Waals surface area contributed by atoms with Gasteiger partial charge < -0.3 is 23.7 Å². The summed E-state index contributed by atoms with van der Waals surface area (Å²) in [5, 5.41) is 0. The van der Waals surface area contributed by atoms with Crippen molar-refractivity contribution in [2.45, 2.75) is 12.2 Å². The van der Waals surface area contributed by atoms with Crippen LogP contribution in [-0.2, 0) is 9.47 Å². The molecular formula is C15H18O5. The number of methoxy groups -OCH3 is 3. The minimum atomic E-state index is -0.236. The van der Waals surface area contributed by atoms with Gasteiger partial charge in [-0.25, -0.2) is 0 Å². The van der Waals surface area contributed by atoms with E-state index in [1.807, 2.05) is 12.1 Å². The molecule has 1 aromatic carbocycles. The van der Waals surface area contributed by atoms with E-state index in [2.05, 4.69) is 5.92 Å². The van der Waals surface area contributed by atoms with Crippen LogP contribution < -0.4 is 14.2 Å². The Morgan fingerprint density at radius 3 is 2.25 bits per heavy atom. The van der Waals surface area contributed by atoms with Gasteiger partial charge in [0.05, 0.1) is 27.9 Å². The van der Waals surface area contributed by atoms with Gasteiger partial charge in [-0.1, -0.05) is 5.92 Å². The first kappa shape index (κ1) is 14.5. The summed E-state index contributed by atoms with van der Waals surface area (Å²) in [4.78, 5) is 0. The smallest absolute Gasteiger partial charge is 0.203 e. The van der Waals surface area contributed by atoms with Gasteiger partial charge in [0.2, 0.25) is 5.75 Å². The molecule has 0 amide bonds. The SMILES string of the molecule is C#CCO[C@H](c1cc(OC)c(OC)c(OC)c1)C1CO1. The lowest BCUT2D eigenvalue weighted by Gasteiger charge is -2.19. The number of benzene rings is 1. The van der Waals surface area contributed by atoms with Crippen LogP contribution in [0.25, 0.3) is 0 Å². The van der Waals surface area contributed by atoms with Gasteiger partial charge in [-0.3, -0.25) is 0 Å². The number of hydrogen-bond donors (Lipinski definition) is 0. The second-order valence-electron chi connectivity index (χ2n) is 4.27. The van der Waals surface area contributed by atoms with E-state index < -0.39 is 0 Å². The van der Waals surface area contributed by atoms with E-state index in [1.54, 1.807) is 21.3 Å². The maximum atomic E-state index is 5.66. The van der Waals surface area contributed by atoms with Crippen LogP contribution in [0.3, 0.4) is 0 Å². The zero-order chi connectivity index (χ0) is 14.5. The van der Waals surface area contributed by atoms with Gasteiger partial charge in [0, 0.05) is 0 Å². The maximum Gasteiger partial charge on any atom is 0.203 e. The lowest BCUT2D eigenvalue weighted by Crippen LogP contribution is -2.12. The van der Waals surface area contributed by atoms with Crippen molar-refractivity contribution in [2.24, 2.45) is 0 Å². The fourth-order valence-electron chi connectivity index (χ4n) is 2.05. The van der Waals surface area contributed by atoms with Gasteiger partial charge in [-0.05, 0) is 17.7 Å². The van der Waals surface area contributed by atoms with Crippen molar-refractivity contribution in [3.8, 4) is 29.6 Å². The average molecular weight is 278 g/mol. The predicted octanol–water partition coefficient (Wildman–Crippen LogP) is 1.80. The third-order valence-corrected chi connectivity index (χ3v) is 3.06. The summed E-state index contributed by atoms with van der Waals surface area (Å²) >= 11 is 0. The molecule has 1 aromatic rings. The standard InChI is InChI=1S/C15H18O5/c1-5-6-19-14(13-9-20-13)10-7-11(16-2)15(18-4)12(8-10)17-3/h1,7-8,13-14H,6,9H2,2-4H3/t13?,14-/m1/s1. The molecule has 0 spiro atoms. The fourth-order valence-corrected chi connectivity index (χ4v) is 2.05. The Bertz CT molecular complexity index is 476. The number of epoxide rings is 1. The van der Waals surface area contributed by atoms with Crippen LogP contribution in [0.2, 0.25) is 0 Å². The Kier molecular flexibility index (Phi) is 4.72. The zero-order valence-corrected chi connectivity index (χ0v) is 11.8. The Morgan fingerprint density at radius 1 is 1.25 bits per heavy atom. The molecule has 0 N–H and O–H groups in total. The third kappa shape index (κ3) is 2.98. The molecule has 1 unspecified atom stereocenters. The summed E-state index contributed by atoms with van der Waals surface area (Å²) in [7, 11) is 4.72. The molecule has 20 heavy (non-hydrogen) atoms. The molecular weight excluding hydrogens is 260 g/mol. The van der Waals surface area contributed by atoms with E-state index in [-0.39, 0.29) is 18.8 Å². The lowest BCUT2D eigenvalue weighted by molar-refractivity contribution is 0.0538. The highest BCUT2D eigenvalue weighted by Crippen LogP contribution is 2.42. The molecule has 1 heterocycles. The molecule has 2 atom stereocenters. The topological polar surface area (TPSA) is 49.5 Å². The lowest BCUT2D eigenvalue weighted by atomic mass is 10.1. The van der Waals surface area contributed by atoms with Crippen molar-refractivity contribution in [1.29, 1.82) is 0 Å². The van der Waals surface area contributed by atoms with E-state index in [0.717, 1.165) is 5.56 Å². The van der Waals surface area contributed by atoms with Gasteiger partial charge in [0.1, 0.15) is 18.8 Å². The Labute approximate surface area is 118 Å². The number of ether oxygens (including phenoxy) is 5. The molecule has 1 aliphatic rings. The summed E-state index contributed by atoms with van der Waals surface area (Å²) in [5.74, 6) is 4.17. The molecule has 1 fully saturated rings. The summed E-state index contributed by atoms with van der Waals surface area (Å²) in [6, 6.07) is 3.70. The number of hydrogen-bond acceptors (Lipinski definition) is 5. The highest BCUT2D eigenvalue weighted by Gasteiger charge is 2.35. The van der Waals surface area contributed by atoms with Crippen molar-refractivity contribution < 1.29 is 23.7 Å². The molecule has 0 saturated carbocycles. The summed E-state index contributed by atoms with van der Waals surface area (Å²) in [6.07, 6.45) is 5.03. The minimum Gasteiger partial charge on any atom is -0.493 e. The Balaban J connectivity index is 2.36. The normalized spacial score (nSPS) is 18.0. The first-order valence-electron chi connectivity index (χ1n) is 6.21. The van der Waals surface area contributed by atoms with Crippen molar-refractivity contribution >= 4 is 0 Å². The van der Waals surface area contributed by atoms with Crippen LogP contribution in [-0.4, -0.2) is 40.6 Å². The summed E-state index contributed by atoms with van der Waals surface area (Å²) < 4.78 is 26.9. The van der Waals surface area contributed by atoms with Gasteiger partial charge in [-0.15, -0.1) is 6.42 Å². The van der Waals surface area contributed by atoms with E-state index in [9.17, 15) is 0 Å². The number of terminal acetylenes is 1. The second-order valence-corrected chi connectivity index (χ2v) is 4.27. The molecule has 5 nitrogen and oxygen atoms in total. The molecule has 0 bridgehead atoms. The van der Waals surface area contributed by atoms with Crippen molar-refractivity contribution in [1.82, 2.24) is 0 Å². The minimum absolute atomic E-state index is 0.0196. The first-order valence-corrected chi connectivity index (χ1v) is 6.21. The monoisotopic (exact) mass is 278 g/mol. The number of rotatable bonds is 7. The van der Waals surface area contributed by atoms with Gasteiger partial charge in [0.25, 0.3) is 0 Å². The highest BCUT2D eigenvalue weighted by atomic mass is 16.6. The summed E-state index contributed by atoms with van der Waals surface area (Å²) in [5.41, 5.74) is 0.886. The van der Waals surface area contributed by atoms with Crippen molar-refractivity contribution in [2.75, 3.05) is 34.5 Å². The van der Waals surface area contributed by atoms with E-state index >= 15 is 0 Å². The third-order valence-electron chi connectivity index (χ3n) is 3.06. The summed E-state index contributed by atoms with van der Waals surface area (Å²) in [6.45, 7) is 0.882. The Hall–Kier alpha value is -1.90. The average Bonchev–Trinajstić information content (AvgIpc) is 3.31. The van der Waals surface area contributed by atoms with Gasteiger partial charge in [-0.2, -0.15) is 0 Å². The molecule has 1 aliphatic heterocycles. The molecule has 108 valence electrons. The van der Waals surface area contributed by atoms with Crippen LogP contribution >= 0.6 is 0 Å². The van der Waals surface area contributed by atoms with E-state index in [4.69, 9.17) is 30.1 Å². The van der Waals surface area contributed by atoms with E-state index in [0.29, 0.717) is 23.9 Å². The van der Waals surface area contributed by atoms with Crippen LogP contribution in [0.1, 0.15) is 11.7 Å². The molecule has 0 aromatic heterocycles. The quantitative estimate of drug-likeness (QED) is 0.562. The van der Waals surface area contributed by atoms with Crippen molar-refractivity contribution in [3.05, 3.63) is 17.7 Å². The maximum absolute atomic E-state index is 5.66. The first-order chi connectivity index (χ1) is 9.74. The zero-order valence-electron chi connectivity index (χ0n) is 11.8. The van der Waals surface area contributed by atoms with Crippen LogP contribution in [0.4, 0.5) is 0 Å². The Morgan fingerprint density at radius 2 is 1.85 bits per heavy atom. The molecule has 2 rings (SSSR count). The molecule has 1 saturated heterocycles. The highest BCUT2D eigenvalue weighted by molar-refractivity contribution is 5.54. The fraction of sp³-hybridized carbons (Fsp3) is 0.467. The van der Waals surface area contributed by atoms with Crippen LogP contribution in [0, 0.1) is 12.3 Å². The van der Waals surface area contributed by atoms with Gasteiger partial charge >= 0.3 is 0 Å². The van der Waals surface area contributed by atoms with E-state index in [1.165, 1.54) is 0 Å². The van der Waals surface area contributed by atoms with Crippen LogP contribution in [0.15, 0.2) is 12.1 Å². The second kappa shape index (κ2) is 6.51. The molecule has 5 heteroatoms. The molecule has 0 aliphatic carbocycles. The molecule has 0 radical (unpaired) electrons. The van der Waals surface area contributed by atoms with Crippen LogP contribution in [0.5, 0.6) is 17.2 Å².